The molecule has 0 aliphatic carbocycles. The second-order valence-electron chi connectivity index (χ2n) is 5.69. The van der Waals surface area contributed by atoms with Gasteiger partial charge in [-0.05, 0) is 51.8 Å². The number of hydrogen-bond acceptors (Lipinski definition) is 8. The van der Waals surface area contributed by atoms with Crippen LogP contribution in [0.4, 0.5) is 4.79 Å². The summed E-state index contributed by atoms with van der Waals surface area (Å²) in [5.41, 5.74) is 3.47. The van der Waals surface area contributed by atoms with E-state index >= 15 is 0 Å². The van der Waals surface area contributed by atoms with Gasteiger partial charge in [-0.25, -0.2) is 5.43 Å². The van der Waals surface area contributed by atoms with E-state index in [1.165, 1.54) is 18.6 Å². The van der Waals surface area contributed by atoms with Gasteiger partial charge in [0.25, 0.3) is 11.1 Å². The number of hydrazone groups is 1. The Kier molecular flexibility index (Phi) is 6.73. The van der Waals surface area contributed by atoms with E-state index in [9.17, 15) is 19.2 Å². The molecule has 1 saturated heterocycles. The molecule has 1 unspecified atom stereocenters. The Morgan fingerprint density at radius 3 is 2.69 bits per heavy atom. The number of esters is 1. The van der Waals surface area contributed by atoms with E-state index in [1.807, 2.05) is 0 Å². The number of carbonyl (C=O) groups is 4. The molecule has 0 spiro atoms. The van der Waals surface area contributed by atoms with Crippen LogP contribution in [0.5, 0.6) is 5.75 Å². The molecule has 0 saturated carbocycles. The summed E-state index contributed by atoms with van der Waals surface area (Å²) in [6.45, 7) is 0. The lowest BCUT2D eigenvalue weighted by Crippen LogP contribution is -2.27. The monoisotopic (exact) mass is 476 g/mol. The van der Waals surface area contributed by atoms with Crippen molar-refractivity contribution in [1.29, 1.82) is 0 Å². The molecular formula is C18H13BrN4O5S. The molecule has 1 aromatic heterocycles. The first-order chi connectivity index (χ1) is 13.9. The molecule has 1 atom stereocenters. The fourth-order valence-corrected chi connectivity index (χ4v) is 3.54. The molecule has 1 aliphatic rings. The number of ether oxygens (including phenoxy) is 1. The zero-order chi connectivity index (χ0) is 20.8. The SMILES string of the molecule is O=C(CC1SC(=O)NC1=O)Oc1ccc(/C=N/NC(=O)c2ccncc2)cc1Br. The van der Waals surface area contributed by atoms with Crippen molar-refractivity contribution in [3.63, 3.8) is 0 Å². The van der Waals surface area contributed by atoms with Crippen molar-refractivity contribution in [3.05, 3.63) is 58.3 Å². The van der Waals surface area contributed by atoms with E-state index in [1.54, 1.807) is 30.3 Å². The molecule has 2 aromatic rings. The molecule has 0 bridgehead atoms. The minimum absolute atomic E-state index is 0.223. The molecular weight excluding hydrogens is 464 g/mol. The third-order valence-corrected chi connectivity index (χ3v) is 5.22. The summed E-state index contributed by atoms with van der Waals surface area (Å²) in [7, 11) is 0. The lowest BCUT2D eigenvalue weighted by Gasteiger charge is -2.08. The van der Waals surface area contributed by atoms with E-state index in [-0.39, 0.29) is 18.1 Å². The number of benzene rings is 1. The van der Waals surface area contributed by atoms with Crippen LogP contribution >= 0.6 is 27.7 Å². The summed E-state index contributed by atoms with van der Waals surface area (Å²) in [6.07, 6.45) is 4.22. The Morgan fingerprint density at radius 1 is 1.28 bits per heavy atom. The van der Waals surface area contributed by atoms with Gasteiger partial charge in [0.05, 0.1) is 17.1 Å². The Labute approximate surface area is 177 Å². The van der Waals surface area contributed by atoms with Crippen LogP contribution in [0.25, 0.3) is 0 Å². The Balaban J connectivity index is 1.55. The molecule has 2 heterocycles. The van der Waals surface area contributed by atoms with Gasteiger partial charge in [-0.15, -0.1) is 0 Å². The highest BCUT2D eigenvalue weighted by Gasteiger charge is 2.34. The Hall–Kier alpha value is -3.05. The topological polar surface area (TPSA) is 127 Å². The second-order valence-corrected chi connectivity index (χ2v) is 7.72. The maximum absolute atomic E-state index is 12.0. The van der Waals surface area contributed by atoms with E-state index in [2.05, 4.69) is 36.8 Å². The zero-order valence-corrected chi connectivity index (χ0v) is 17.0. The van der Waals surface area contributed by atoms with Gasteiger partial charge >= 0.3 is 5.97 Å². The molecule has 3 rings (SSSR count). The standard InChI is InChI=1S/C18H13BrN4O5S/c19-12-7-10(9-21-23-16(25)11-3-5-20-6-4-11)1-2-13(12)28-15(24)8-14-17(26)22-18(27)29-14/h1-7,9,14H,8H2,(H,23,25)(H,22,26,27)/b21-9+. The van der Waals surface area contributed by atoms with Crippen LogP contribution in [0.1, 0.15) is 22.3 Å². The van der Waals surface area contributed by atoms with E-state index < -0.39 is 22.4 Å². The molecule has 29 heavy (non-hydrogen) atoms. The molecule has 0 radical (unpaired) electrons. The second kappa shape index (κ2) is 9.43. The number of thioether (sulfide) groups is 1. The molecule has 148 valence electrons. The van der Waals surface area contributed by atoms with Gasteiger partial charge in [0.1, 0.15) is 11.0 Å². The summed E-state index contributed by atoms with van der Waals surface area (Å²) in [6, 6.07) is 7.95. The van der Waals surface area contributed by atoms with Crippen molar-refractivity contribution in [2.75, 3.05) is 0 Å². The van der Waals surface area contributed by atoms with Crippen LogP contribution in [0.3, 0.4) is 0 Å². The largest absolute Gasteiger partial charge is 0.425 e. The van der Waals surface area contributed by atoms with Crippen LogP contribution in [0, 0.1) is 0 Å². The number of amides is 3. The van der Waals surface area contributed by atoms with Crippen LogP contribution < -0.4 is 15.5 Å². The number of halogens is 1. The van der Waals surface area contributed by atoms with Gasteiger partial charge in [0.15, 0.2) is 0 Å². The van der Waals surface area contributed by atoms with Crippen molar-refractivity contribution in [1.82, 2.24) is 15.7 Å². The van der Waals surface area contributed by atoms with Gasteiger partial charge < -0.3 is 4.74 Å². The van der Waals surface area contributed by atoms with Gasteiger partial charge in [-0.3, -0.25) is 29.5 Å². The van der Waals surface area contributed by atoms with Gasteiger partial charge in [0.2, 0.25) is 5.91 Å². The fourth-order valence-electron chi connectivity index (χ4n) is 2.26. The maximum Gasteiger partial charge on any atom is 0.312 e. The van der Waals surface area contributed by atoms with Gasteiger partial charge in [-0.1, -0.05) is 11.8 Å². The summed E-state index contributed by atoms with van der Waals surface area (Å²) in [5.74, 6) is -1.27. The maximum atomic E-state index is 12.0. The third kappa shape index (κ3) is 5.72. The molecule has 2 N–H and O–H groups in total. The first-order valence-electron chi connectivity index (χ1n) is 8.17. The summed E-state index contributed by atoms with van der Waals surface area (Å²) >= 11 is 4.06. The highest BCUT2D eigenvalue weighted by atomic mass is 79.9. The number of nitrogens with zero attached hydrogens (tertiary/aromatic N) is 2. The predicted molar refractivity (Wildman–Crippen MR) is 109 cm³/mol. The molecule has 9 nitrogen and oxygen atoms in total. The average Bonchev–Trinajstić information content (AvgIpc) is 3.01. The lowest BCUT2D eigenvalue weighted by atomic mass is 10.2. The fraction of sp³-hybridized carbons (Fsp3) is 0.111. The van der Waals surface area contributed by atoms with Crippen LogP contribution in [-0.4, -0.2) is 39.5 Å². The van der Waals surface area contributed by atoms with Crippen molar-refractivity contribution < 1.29 is 23.9 Å². The summed E-state index contributed by atoms with van der Waals surface area (Å²) < 4.78 is 5.72. The van der Waals surface area contributed by atoms with Crippen LogP contribution in [-0.2, 0) is 9.59 Å². The first kappa shape index (κ1) is 20.7. The van der Waals surface area contributed by atoms with Crippen molar-refractivity contribution in [2.24, 2.45) is 5.10 Å². The summed E-state index contributed by atoms with van der Waals surface area (Å²) in [4.78, 5) is 50.4. The number of carbonyl (C=O) groups excluding carboxylic acids is 4. The highest BCUT2D eigenvalue weighted by Crippen LogP contribution is 2.27. The minimum atomic E-state index is -0.788. The first-order valence-corrected chi connectivity index (χ1v) is 9.85. The molecule has 3 amide bonds. The van der Waals surface area contributed by atoms with Crippen molar-refractivity contribution >= 4 is 56.9 Å². The Morgan fingerprint density at radius 2 is 2.03 bits per heavy atom. The molecule has 1 fully saturated rings. The number of hydrogen-bond donors (Lipinski definition) is 2. The number of aromatic nitrogens is 1. The van der Waals surface area contributed by atoms with E-state index in [4.69, 9.17) is 4.74 Å². The van der Waals surface area contributed by atoms with Gasteiger partial charge in [0, 0.05) is 18.0 Å². The minimum Gasteiger partial charge on any atom is -0.425 e. The molecule has 11 heteroatoms. The van der Waals surface area contributed by atoms with Crippen molar-refractivity contribution in [3.8, 4) is 5.75 Å². The Bertz CT molecular complexity index is 999. The van der Waals surface area contributed by atoms with E-state index in [0.717, 1.165) is 11.8 Å². The number of rotatable bonds is 6. The number of nitrogens with one attached hydrogen (secondary N) is 2. The molecule has 1 aromatic carbocycles. The molecule has 1 aliphatic heterocycles. The average molecular weight is 477 g/mol. The van der Waals surface area contributed by atoms with Crippen LogP contribution in [0.2, 0.25) is 0 Å². The highest BCUT2D eigenvalue weighted by molar-refractivity contribution is 9.10. The number of pyridine rings is 1. The number of imide groups is 1. The zero-order valence-electron chi connectivity index (χ0n) is 14.6. The van der Waals surface area contributed by atoms with Gasteiger partial charge in [-0.2, -0.15) is 5.10 Å². The van der Waals surface area contributed by atoms with Crippen molar-refractivity contribution in [2.45, 2.75) is 11.7 Å². The quantitative estimate of drug-likeness (QED) is 0.283. The lowest BCUT2D eigenvalue weighted by molar-refractivity contribution is -0.135. The van der Waals surface area contributed by atoms with E-state index in [0.29, 0.717) is 15.6 Å². The smallest absolute Gasteiger partial charge is 0.312 e. The normalized spacial score (nSPS) is 16.0. The summed E-state index contributed by atoms with van der Waals surface area (Å²) in [5, 5.41) is 4.73. The predicted octanol–water partition coefficient (Wildman–Crippen LogP) is 2.26. The van der Waals surface area contributed by atoms with Crippen LogP contribution in [0.15, 0.2) is 52.3 Å². The third-order valence-electron chi connectivity index (χ3n) is 3.62.